The van der Waals surface area contributed by atoms with E-state index in [2.05, 4.69) is 15.2 Å². The molecule has 0 saturated heterocycles. The molecule has 0 saturated carbocycles. The molecule has 0 unspecified atom stereocenters. The Morgan fingerprint density at radius 3 is 3.05 bits per heavy atom. The number of hydrogen-bond acceptors (Lipinski definition) is 7. The van der Waals surface area contributed by atoms with Crippen molar-refractivity contribution in [2.24, 2.45) is 0 Å². The van der Waals surface area contributed by atoms with Crippen LogP contribution in [0.15, 0.2) is 25.9 Å². The van der Waals surface area contributed by atoms with Gasteiger partial charge in [-0.15, -0.1) is 5.10 Å². The van der Waals surface area contributed by atoms with E-state index in [0.717, 1.165) is 11.8 Å². The lowest BCUT2D eigenvalue weighted by atomic mass is 10.5. The number of aromatic amines is 1. The van der Waals surface area contributed by atoms with Gasteiger partial charge in [0.1, 0.15) is 6.26 Å². The molecule has 0 amide bonds. The van der Waals surface area contributed by atoms with Crippen molar-refractivity contribution >= 4 is 17.7 Å². The van der Waals surface area contributed by atoms with Crippen LogP contribution in [0.1, 0.15) is 24.3 Å². The maximum absolute atomic E-state index is 11.4. The second-order valence-electron chi connectivity index (χ2n) is 3.38. The van der Waals surface area contributed by atoms with Gasteiger partial charge in [0.15, 0.2) is 5.69 Å². The second-order valence-corrected chi connectivity index (χ2v) is 4.30. The largest absolute Gasteiger partial charge is 0.461 e. The molecule has 0 bridgehead atoms. The number of aromatic nitrogens is 4. The van der Waals surface area contributed by atoms with Gasteiger partial charge in [-0.3, -0.25) is 4.57 Å². The number of nitrogens with one attached hydrogen (secondary N) is 1. The Morgan fingerprint density at radius 2 is 2.37 bits per heavy atom. The highest BCUT2D eigenvalue weighted by molar-refractivity contribution is 7.98. The number of carbonyl (C=O) groups is 1. The van der Waals surface area contributed by atoms with E-state index in [1.165, 1.54) is 10.8 Å². The molecule has 0 fully saturated rings. The van der Waals surface area contributed by atoms with Crippen LogP contribution in [0, 0.1) is 0 Å². The molecule has 1 N–H and O–H groups in total. The molecule has 2 rings (SSSR count). The van der Waals surface area contributed by atoms with E-state index in [-0.39, 0.29) is 23.2 Å². The smallest absolute Gasteiger partial charge is 0.360 e. The lowest BCUT2D eigenvalue weighted by Crippen LogP contribution is -2.16. The zero-order valence-electron chi connectivity index (χ0n) is 10.4. The van der Waals surface area contributed by atoms with E-state index < -0.39 is 5.97 Å². The zero-order valence-corrected chi connectivity index (χ0v) is 11.2. The fourth-order valence-corrected chi connectivity index (χ4v) is 2.15. The van der Waals surface area contributed by atoms with E-state index >= 15 is 0 Å². The Balaban J connectivity index is 2.16. The van der Waals surface area contributed by atoms with Crippen LogP contribution in [0.4, 0.5) is 0 Å². The third kappa shape index (κ3) is 2.87. The van der Waals surface area contributed by atoms with Gasteiger partial charge < -0.3 is 9.15 Å². The molecule has 0 aliphatic rings. The van der Waals surface area contributed by atoms with Gasteiger partial charge in [0.05, 0.1) is 6.61 Å². The number of nitrogens with zero attached hydrogens (tertiary/aromatic N) is 3. The third-order valence-corrected chi connectivity index (χ3v) is 3.04. The van der Waals surface area contributed by atoms with E-state index in [9.17, 15) is 9.59 Å². The molecule has 2 aromatic heterocycles. The Labute approximate surface area is 112 Å². The summed E-state index contributed by atoms with van der Waals surface area (Å²) in [5, 5.41) is 6.82. The number of H-pyrrole nitrogens is 1. The predicted molar refractivity (Wildman–Crippen MR) is 65.1 cm³/mol. The lowest BCUT2D eigenvalue weighted by Gasteiger charge is -1.97. The SMILES string of the molecule is CCOC(=O)c1coc(Sc2n[nH]c(=O)n2CC)n1. The maximum Gasteiger partial charge on any atom is 0.360 e. The first-order valence-electron chi connectivity index (χ1n) is 5.61. The molecule has 2 aromatic rings. The second kappa shape index (κ2) is 5.74. The standard InChI is InChI=1S/C10H12N4O4S/c1-3-14-8(16)12-13-9(14)19-10-11-6(5-18-10)7(15)17-4-2/h5H,3-4H2,1-2H3,(H,12,16). The fourth-order valence-electron chi connectivity index (χ4n) is 1.34. The molecule has 9 heteroatoms. The topological polar surface area (TPSA) is 103 Å². The molecular weight excluding hydrogens is 272 g/mol. The first kappa shape index (κ1) is 13.4. The number of ether oxygens (including phenoxy) is 1. The van der Waals surface area contributed by atoms with Crippen LogP contribution in [-0.2, 0) is 11.3 Å². The molecule has 8 nitrogen and oxygen atoms in total. The fraction of sp³-hybridized carbons (Fsp3) is 0.400. The van der Waals surface area contributed by atoms with Gasteiger partial charge in [-0.2, -0.15) is 4.98 Å². The summed E-state index contributed by atoms with van der Waals surface area (Å²) in [6, 6.07) is 0. The molecule has 19 heavy (non-hydrogen) atoms. The Hall–Kier alpha value is -2.03. The van der Waals surface area contributed by atoms with Crippen molar-refractivity contribution in [3.63, 3.8) is 0 Å². The molecule has 0 radical (unpaired) electrons. The van der Waals surface area contributed by atoms with Gasteiger partial charge in [-0.05, 0) is 13.8 Å². The maximum atomic E-state index is 11.4. The Kier molecular flexibility index (Phi) is 4.05. The first-order chi connectivity index (χ1) is 9.15. The van der Waals surface area contributed by atoms with Crippen molar-refractivity contribution in [3.05, 3.63) is 22.4 Å². The molecule has 0 spiro atoms. The highest BCUT2D eigenvalue weighted by Crippen LogP contribution is 2.24. The van der Waals surface area contributed by atoms with Crippen LogP contribution in [0.5, 0.6) is 0 Å². The summed E-state index contributed by atoms with van der Waals surface area (Å²) in [6.45, 7) is 4.27. The summed E-state index contributed by atoms with van der Waals surface area (Å²) in [5.41, 5.74) is -0.215. The molecule has 0 aliphatic heterocycles. The van der Waals surface area contributed by atoms with Gasteiger partial charge in [-0.25, -0.2) is 14.7 Å². The number of esters is 1. The lowest BCUT2D eigenvalue weighted by molar-refractivity contribution is 0.0519. The number of carbonyl (C=O) groups excluding carboxylic acids is 1. The summed E-state index contributed by atoms with van der Waals surface area (Å²) in [6.07, 6.45) is 1.21. The van der Waals surface area contributed by atoms with E-state index in [0.29, 0.717) is 11.7 Å². The van der Waals surface area contributed by atoms with Crippen LogP contribution in [-0.4, -0.2) is 32.3 Å². The first-order valence-corrected chi connectivity index (χ1v) is 6.43. The molecule has 2 heterocycles. The van der Waals surface area contributed by atoms with E-state index in [4.69, 9.17) is 9.15 Å². The monoisotopic (exact) mass is 284 g/mol. The third-order valence-electron chi connectivity index (χ3n) is 2.19. The summed E-state index contributed by atoms with van der Waals surface area (Å²) in [5.74, 6) is -0.548. The molecule has 0 aromatic carbocycles. The van der Waals surface area contributed by atoms with Gasteiger partial charge in [0.2, 0.25) is 5.16 Å². The van der Waals surface area contributed by atoms with Crippen molar-refractivity contribution < 1.29 is 13.9 Å². The van der Waals surface area contributed by atoms with E-state index in [1.54, 1.807) is 6.92 Å². The van der Waals surface area contributed by atoms with Crippen molar-refractivity contribution in [2.45, 2.75) is 30.8 Å². The number of rotatable bonds is 5. The minimum absolute atomic E-state index is 0.0882. The van der Waals surface area contributed by atoms with Crippen LogP contribution >= 0.6 is 11.8 Å². The predicted octanol–water partition coefficient (Wildman–Crippen LogP) is 0.907. The van der Waals surface area contributed by atoms with Gasteiger partial charge in [-0.1, -0.05) is 0 Å². The van der Waals surface area contributed by atoms with Crippen LogP contribution < -0.4 is 5.69 Å². The van der Waals surface area contributed by atoms with Gasteiger partial charge >= 0.3 is 11.7 Å². The summed E-state index contributed by atoms with van der Waals surface area (Å²) >= 11 is 1.05. The van der Waals surface area contributed by atoms with Gasteiger partial charge in [0.25, 0.3) is 5.22 Å². The summed E-state index contributed by atoms with van der Waals surface area (Å²) in [7, 11) is 0. The average Bonchev–Trinajstić information content (AvgIpc) is 2.98. The van der Waals surface area contributed by atoms with Crippen molar-refractivity contribution in [1.29, 1.82) is 0 Å². The summed E-state index contributed by atoms with van der Waals surface area (Å²) < 4.78 is 11.3. The highest BCUT2D eigenvalue weighted by atomic mass is 32.2. The minimum Gasteiger partial charge on any atom is -0.461 e. The number of hydrogen-bond donors (Lipinski definition) is 1. The summed E-state index contributed by atoms with van der Waals surface area (Å²) in [4.78, 5) is 26.7. The Morgan fingerprint density at radius 1 is 1.58 bits per heavy atom. The van der Waals surface area contributed by atoms with Crippen LogP contribution in [0.25, 0.3) is 0 Å². The van der Waals surface area contributed by atoms with Crippen molar-refractivity contribution in [3.8, 4) is 0 Å². The van der Waals surface area contributed by atoms with Crippen molar-refractivity contribution in [2.75, 3.05) is 6.61 Å². The zero-order chi connectivity index (χ0) is 13.8. The highest BCUT2D eigenvalue weighted by Gasteiger charge is 2.16. The average molecular weight is 284 g/mol. The molecule has 0 atom stereocenters. The van der Waals surface area contributed by atoms with E-state index in [1.807, 2.05) is 6.92 Å². The molecule has 102 valence electrons. The van der Waals surface area contributed by atoms with Crippen LogP contribution in [0.2, 0.25) is 0 Å². The normalized spacial score (nSPS) is 10.6. The van der Waals surface area contributed by atoms with Crippen molar-refractivity contribution in [1.82, 2.24) is 19.7 Å². The van der Waals surface area contributed by atoms with Gasteiger partial charge in [0, 0.05) is 18.3 Å². The Bertz CT molecular complexity index is 630. The number of oxazole rings is 1. The minimum atomic E-state index is -0.548. The molecule has 0 aliphatic carbocycles. The quantitative estimate of drug-likeness (QED) is 0.814. The van der Waals surface area contributed by atoms with Crippen LogP contribution in [0.3, 0.4) is 0 Å². The molecular formula is C10H12N4O4S.